The highest BCUT2D eigenvalue weighted by atomic mass is 16.1. The van der Waals surface area contributed by atoms with Crippen molar-refractivity contribution in [1.29, 1.82) is 0 Å². The summed E-state index contributed by atoms with van der Waals surface area (Å²) in [7, 11) is 1.91. The Labute approximate surface area is 112 Å². The molecule has 0 bridgehead atoms. The summed E-state index contributed by atoms with van der Waals surface area (Å²) in [4.78, 5) is 13.3. The van der Waals surface area contributed by atoms with Crippen molar-refractivity contribution in [2.45, 2.75) is 6.92 Å². The second-order valence-electron chi connectivity index (χ2n) is 4.50. The van der Waals surface area contributed by atoms with E-state index in [9.17, 15) is 4.79 Å². The molecule has 0 atom stereocenters. The van der Waals surface area contributed by atoms with Crippen LogP contribution in [0.3, 0.4) is 0 Å². The van der Waals surface area contributed by atoms with E-state index >= 15 is 0 Å². The first-order valence-electron chi connectivity index (χ1n) is 5.99. The molecule has 0 saturated carbocycles. The molecule has 2 aromatic rings. The number of rotatable bonds is 3. The van der Waals surface area contributed by atoms with Crippen LogP contribution in [-0.2, 0) is 0 Å². The van der Waals surface area contributed by atoms with Crippen LogP contribution in [0.4, 0.5) is 17.1 Å². The lowest BCUT2D eigenvalue weighted by Gasteiger charge is -2.22. The molecule has 19 heavy (non-hydrogen) atoms. The molecule has 4 heteroatoms. The fourth-order valence-electron chi connectivity index (χ4n) is 2.04. The van der Waals surface area contributed by atoms with Crippen LogP contribution in [0, 0.1) is 6.92 Å². The van der Waals surface area contributed by atoms with Gasteiger partial charge in [0, 0.05) is 12.7 Å². The molecule has 0 aromatic heterocycles. The molecular formula is C15H17N3O. The number of benzene rings is 2. The molecular weight excluding hydrogens is 238 g/mol. The minimum Gasteiger partial charge on any atom is -0.396 e. The van der Waals surface area contributed by atoms with Crippen LogP contribution in [0.15, 0.2) is 42.5 Å². The van der Waals surface area contributed by atoms with Crippen LogP contribution in [0.25, 0.3) is 0 Å². The lowest BCUT2D eigenvalue weighted by atomic mass is 10.1. The topological polar surface area (TPSA) is 72.3 Å². The molecule has 0 unspecified atom stereocenters. The quantitative estimate of drug-likeness (QED) is 0.827. The van der Waals surface area contributed by atoms with Gasteiger partial charge in [-0.15, -0.1) is 0 Å². The molecule has 0 saturated heterocycles. The van der Waals surface area contributed by atoms with Crippen LogP contribution in [0.2, 0.25) is 0 Å². The van der Waals surface area contributed by atoms with Gasteiger partial charge in [0.25, 0.3) is 5.91 Å². The van der Waals surface area contributed by atoms with E-state index in [0.29, 0.717) is 11.3 Å². The number of carbonyl (C=O) groups excluding carboxylic acids is 1. The maximum atomic E-state index is 11.3. The predicted molar refractivity (Wildman–Crippen MR) is 78.6 cm³/mol. The molecule has 0 aliphatic carbocycles. The Morgan fingerprint density at radius 2 is 1.84 bits per heavy atom. The standard InChI is InChI=1S/C15H17N3O/c1-10-5-3-6-11(9-10)18(2)13-8-4-7-12(14(13)16)15(17)19/h3-9H,16H2,1-2H3,(H2,17,19). The number of anilines is 3. The van der Waals surface area contributed by atoms with Crippen molar-refractivity contribution < 1.29 is 4.79 Å². The molecule has 4 nitrogen and oxygen atoms in total. The smallest absolute Gasteiger partial charge is 0.250 e. The minimum absolute atomic E-state index is 0.344. The fourth-order valence-corrected chi connectivity index (χ4v) is 2.04. The number of para-hydroxylation sites is 1. The van der Waals surface area contributed by atoms with Gasteiger partial charge in [0.15, 0.2) is 0 Å². The van der Waals surface area contributed by atoms with Crippen LogP contribution in [-0.4, -0.2) is 13.0 Å². The number of carbonyl (C=O) groups is 1. The van der Waals surface area contributed by atoms with E-state index in [1.54, 1.807) is 12.1 Å². The molecule has 4 N–H and O–H groups in total. The first-order chi connectivity index (χ1) is 9.00. The maximum Gasteiger partial charge on any atom is 0.250 e. The zero-order chi connectivity index (χ0) is 14.0. The maximum absolute atomic E-state index is 11.3. The van der Waals surface area contributed by atoms with Gasteiger partial charge in [-0.25, -0.2) is 0 Å². The number of hydrogen-bond acceptors (Lipinski definition) is 3. The summed E-state index contributed by atoms with van der Waals surface area (Å²) in [5.74, 6) is -0.517. The highest BCUT2D eigenvalue weighted by Crippen LogP contribution is 2.31. The van der Waals surface area contributed by atoms with Gasteiger partial charge in [-0.05, 0) is 36.8 Å². The zero-order valence-electron chi connectivity index (χ0n) is 11.1. The number of nitrogens with zero attached hydrogens (tertiary/aromatic N) is 1. The van der Waals surface area contributed by atoms with Crippen molar-refractivity contribution in [2.24, 2.45) is 5.73 Å². The fraction of sp³-hybridized carbons (Fsp3) is 0.133. The Morgan fingerprint density at radius 3 is 2.47 bits per heavy atom. The summed E-state index contributed by atoms with van der Waals surface area (Å²) in [5, 5.41) is 0. The van der Waals surface area contributed by atoms with Crippen LogP contribution in [0.1, 0.15) is 15.9 Å². The van der Waals surface area contributed by atoms with E-state index in [1.807, 2.05) is 43.1 Å². The number of primary amides is 1. The van der Waals surface area contributed by atoms with E-state index in [1.165, 1.54) is 0 Å². The second-order valence-corrected chi connectivity index (χ2v) is 4.50. The van der Waals surface area contributed by atoms with E-state index in [4.69, 9.17) is 11.5 Å². The first kappa shape index (κ1) is 13.0. The summed E-state index contributed by atoms with van der Waals surface area (Å²) in [6.45, 7) is 2.03. The summed E-state index contributed by atoms with van der Waals surface area (Å²) in [6, 6.07) is 13.3. The number of nitrogen functional groups attached to an aromatic ring is 1. The normalized spacial score (nSPS) is 10.2. The Hall–Kier alpha value is -2.49. The number of aryl methyl sites for hydroxylation is 1. The lowest BCUT2D eigenvalue weighted by Crippen LogP contribution is -2.17. The van der Waals surface area contributed by atoms with E-state index in [-0.39, 0.29) is 0 Å². The molecule has 0 aliphatic heterocycles. The number of nitrogens with two attached hydrogens (primary N) is 2. The molecule has 1 amide bonds. The van der Waals surface area contributed by atoms with Gasteiger partial charge in [0.1, 0.15) is 0 Å². The Kier molecular flexibility index (Phi) is 3.42. The highest BCUT2D eigenvalue weighted by Gasteiger charge is 2.13. The second kappa shape index (κ2) is 5.02. The van der Waals surface area contributed by atoms with Crippen molar-refractivity contribution in [3.05, 3.63) is 53.6 Å². The Bertz CT molecular complexity index is 623. The van der Waals surface area contributed by atoms with Crippen molar-refractivity contribution in [3.63, 3.8) is 0 Å². The van der Waals surface area contributed by atoms with Crippen molar-refractivity contribution in [2.75, 3.05) is 17.7 Å². The van der Waals surface area contributed by atoms with Crippen LogP contribution >= 0.6 is 0 Å². The average molecular weight is 255 g/mol. The molecule has 0 fully saturated rings. The SMILES string of the molecule is Cc1cccc(N(C)c2cccc(C(N)=O)c2N)c1. The van der Waals surface area contributed by atoms with Crippen molar-refractivity contribution >= 4 is 23.0 Å². The zero-order valence-corrected chi connectivity index (χ0v) is 11.1. The summed E-state index contributed by atoms with van der Waals surface area (Å²) in [5.41, 5.74) is 15.0. The van der Waals surface area contributed by atoms with Gasteiger partial charge in [0.05, 0.1) is 16.9 Å². The Balaban J connectivity index is 2.47. The van der Waals surface area contributed by atoms with Crippen molar-refractivity contribution in [1.82, 2.24) is 0 Å². The molecule has 98 valence electrons. The summed E-state index contributed by atoms with van der Waals surface area (Å²) >= 11 is 0. The number of amides is 1. The van der Waals surface area contributed by atoms with Crippen molar-refractivity contribution in [3.8, 4) is 0 Å². The third kappa shape index (κ3) is 2.52. The molecule has 2 aromatic carbocycles. The van der Waals surface area contributed by atoms with Gasteiger partial charge in [0.2, 0.25) is 0 Å². The van der Waals surface area contributed by atoms with E-state index in [0.717, 1.165) is 16.9 Å². The average Bonchev–Trinajstić information content (AvgIpc) is 2.38. The first-order valence-corrected chi connectivity index (χ1v) is 5.99. The molecule has 0 spiro atoms. The molecule has 0 aliphatic rings. The predicted octanol–water partition coefficient (Wildman–Crippen LogP) is 2.44. The number of hydrogen-bond donors (Lipinski definition) is 2. The van der Waals surface area contributed by atoms with Gasteiger partial charge in [-0.3, -0.25) is 4.79 Å². The lowest BCUT2D eigenvalue weighted by molar-refractivity contribution is 0.100. The van der Waals surface area contributed by atoms with E-state index < -0.39 is 5.91 Å². The summed E-state index contributed by atoms with van der Waals surface area (Å²) < 4.78 is 0. The third-order valence-corrected chi connectivity index (χ3v) is 3.10. The molecule has 0 radical (unpaired) electrons. The minimum atomic E-state index is -0.517. The Morgan fingerprint density at radius 1 is 1.16 bits per heavy atom. The molecule has 0 heterocycles. The van der Waals surface area contributed by atoms with Gasteiger partial charge in [-0.2, -0.15) is 0 Å². The van der Waals surface area contributed by atoms with Crippen LogP contribution in [0.5, 0.6) is 0 Å². The monoisotopic (exact) mass is 255 g/mol. The van der Waals surface area contributed by atoms with Gasteiger partial charge < -0.3 is 16.4 Å². The summed E-state index contributed by atoms with van der Waals surface area (Å²) in [6.07, 6.45) is 0. The molecule has 2 rings (SSSR count). The van der Waals surface area contributed by atoms with Gasteiger partial charge in [-0.1, -0.05) is 18.2 Å². The van der Waals surface area contributed by atoms with Crippen LogP contribution < -0.4 is 16.4 Å². The van der Waals surface area contributed by atoms with E-state index in [2.05, 4.69) is 6.07 Å². The largest absolute Gasteiger partial charge is 0.396 e. The van der Waals surface area contributed by atoms with Gasteiger partial charge >= 0.3 is 0 Å². The third-order valence-electron chi connectivity index (χ3n) is 3.10. The highest BCUT2D eigenvalue weighted by molar-refractivity contribution is 6.01.